The van der Waals surface area contributed by atoms with E-state index >= 15 is 0 Å². The van der Waals surface area contributed by atoms with E-state index in [4.69, 9.17) is 4.42 Å². The van der Waals surface area contributed by atoms with Gasteiger partial charge in [0, 0.05) is 19.2 Å². The van der Waals surface area contributed by atoms with Crippen molar-refractivity contribution in [2.45, 2.75) is 26.5 Å². The van der Waals surface area contributed by atoms with E-state index in [1.807, 2.05) is 32.2 Å². The van der Waals surface area contributed by atoms with Crippen LogP contribution in [-0.2, 0) is 6.54 Å². The number of aryl methyl sites for hydroxylation is 1. The lowest BCUT2D eigenvalue weighted by atomic mass is 10.2. The molecule has 2 heterocycles. The Morgan fingerprint density at radius 2 is 2.17 bits per heavy atom. The summed E-state index contributed by atoms with van der Waals surface area (Å²) in [6, 6.07) is 5.78. The second-order valence-corrected chi connectivity index (χ2v) is 4.48. The summed E-state index contributed by atoms with van der Waals surface area (Å²) in [6.07, 6.45) is 2.95. The minimum atomic E-state index is -0.527. The molecule has 0 aliphatic carbocycles. The molecule has 18 heavy (non-hydrogen) atoms. The third-order valence-corrected chi connectivity index (χ3v) is 3.01. The maximum atomic E-state index is 9.41. The number of pyridine rings is 1. The van der Waals surface area contributed by atoms with Crippen molar-refractivity contribution in [1.82, 2.24) is 4.98 Å². The highest BCUT2D eigenvalue weighted by atomic mass is 16.3. The monoisotopic (exact) mass is 246 g/mol. The molecular formula is C14H18N2O2. The Hall–Kier alpha value is -1.81. The first-order chi connectivity index (χ1) is 8.58. The van der Waals surface area contributed by atoms with Crippen molar-refractivity contribution in [2.24, 2.45) is 0 Å². The molecule has 0 radical (unpaired) electrons. The van der Waals surface area contributed by atoms with Gasteiger partial charge in [0.15, 0.2) is 0 Å². The molecule has 0 saturated carbocycles. The van der Waals surface area contributed by atoms with E-state index in [-0.39, 0.29) is 0 Å². The van der Waals surface area contributed by atoms with E-state index in [0.717, 1.165) is 23.6 Å². The van der Waals surface area contributed by atoms with Gasteiger partial charge in [-0.05, 0) is 32.0 Å². The molecule has 0 amide bonds. The topological polar surface area (TPSA) is 49.5 Å². The lowest BCUT2D eigenvalue weighted by Gasteiger charge is -2.19. The SMILES string of the molecule is Cc1occc1CN(C)c1ccc([C@H](C)O)nc1. The van der Waals surface area contributed by atoms with Crippen molar-refractivity contribution in [3.05, 3.63) is 47.7 Å². The molecule has 2 aromatic heterocycles. The first-order valence-electron chi connectivity index (χ1n) is 5.96. The number of nitrogens with zero attached hydrogens (tertiary/aromatic N) is 2. The zero-order valence-electron chi connectivity index (χ0n) is 10.9. The van der Waals surface area contributed by atoms with Crippen LogP contribution in [0.2, 0.25) is 0 Å². The summed E-state index contributed by atoms with van der Waals surface area (Å²) in [7, 11) is 2.01. The molecule has 0 unspecified atom stereocenters. The number of furan rings is 1. The molecule has 1 N–H and O–H groups in total. The number of aliphatic hydroxyl groups is 1. The Kier molecular flexibility index (Phi) is 3.67. The third-order valence-electron chi connectivity index (χ3n) is 3.01. The van der Waals surface area contributed by atoms with Crippen LogP contribution in [0.25, 0.3) is 0 Å². The van der Waals surface area contributed by atoms with Crippen LogP contribution in [0, 0.1) is 6.92 Å². The minimum absolute atomic E-state index is 0.527. The average Bonchev–Trinajstić information content (AvgIpc) is 2.75. The molecule has 4 heteroatoms. The maximum absolute atomic E-state index is 9.41. The molecule has 0 fully saturated rings. The van der Waals surface area contributed by atoms with Gasteiger partial charge < -0.3 is 14.4 Å². The lowest BCUT2D eigenvalue weighted by molar-refractivity contribution is 0.194. The largest absolute Gasteiger partial charge is 0.469 e. The Bertz CT molecular complexity index is 503. The first-order valence-corrected chi connectivity index (χ1v) is 5.96. The summed E-state index contributed by atoms with van der Waals surface area (Å²) in [5.41, 5.74) is 2.86. The van der Waals surface area contributed by atoms with E-state index in [9.17, 15) is 5.11 Å². The van der Waals surface area contributed by atoms with Gasteiger partial charge in [-0.3, -0.25) is 4.98 Å². The van der Waals surface area contributed by atoms with Gasteiger partial charge in [-0.25, -0.2) is 0 Å². The molecule has 2 aromatic rings. The standard InChI is InChI=1S/C14H18N2O2/c1-10(17)14-5-4-13(8-15-14)16(3)9-12-6-7-18-11(12)2/h4-8,10,17H,9H2,1-3H3/t10-/m0/s1. The number of hydrogen-bond donors (Lipinski definition) is 1. The summed E-state index contributed by atoms with van der Waals surface area (Å²) in [5, 5.41) is 9.41. The fraction of sp³-hybridized carbons (Fsp3) is 0.357. The van der Waals surface area contributed by atoms with Crippen LogP contribution in [0.1, 0.15) is 30.0 Å². The van der Waals surface area contributed by atoms with Gasteiger partial charge in [-0.1, -0.05) is 0 Å². The van der Waals surface area contributed by atoms with E-state index in [0.29, 0.717) is 5.69 Å². The van der Waals surface area contributed by atoms with Crippen LogP contribution in [0.5, 0.6) is 0 Å². The van der Waals surface area contributed by atoms with Crippen LogP contribution in [0.3, 0.4) is 0 Å². The zero-order valence-corrected chi connectivity index (χ0v) is 10.9. The summed E-state index contributed by atoms with van der Waals surface area (Å²) in [6.45, 7) is 4.44. The molecule has 0 aliphatic heterocycles. The molecule has 0 spiro atoms. The molecule has 0 saturated heterocycles. The van der Waals surface area contributed by atoms with Gasteiger partial charge in [-0.2, -0.15) is 0 Å². The Labute approximate surface area is 107 Å². The van der Waals surface area contributed by atoms with Gasteiger partial charge in [0.2, 0.25) is 0 Å². The fourth-order valence-corrected chi connectivity index (χ4v) is 1.79. The second-order valence-electron chi connectivity index (χ2n) is 4.48. The fourth-order valence-electron chi connectivity index (χ4n) is 1.79. The van der Waals surface area contributed by atoms with Crippen LogP contribution < -0.4 is 4.90 Å². The Morgan fingerprint density at radius 1 is 1.39 bits per heavy atom. The number of hydrogen-bond acceptors (Lipinski definition) is 4. The van der Waals surface area contributed by atoms with Crippen molar-refractivity contribution in [2.75, 3.05) is 11.9 Å². The quantitative estimate of drug-likeness (QED) is 0.901. The van der Waals surface area contributed by atoms with Crippen molar-refractivity contribution in [3.63, 3.8) is 0 Å². The summed E-state index contributed by atoms with van der Waals surface area (Å²) in [4.78, 5) is 6.33. The van der Waals surface area contributed by atoms with E-state index < -0.39 is 6.10 Å². The van der Waals surface area contributed by atoms with Crippen molar-refractivity contribution in [3.8, 4) is 0 Å². The predicted molar refractivity (Wildman–Crippen MR) is 70.4 cm³/mol. The van der Waals surface area contributed by atoms with Gasteiger partial charge in [0.05, 0.1) is 29.9 Å². The van der Waals surface area contributed by atoms with E-state index in [2.05, 4.69) is 9.88 Å². The highest BCUT2D eigenvalue weighted by molar-refractivity contribution is 5.44. The molecule has 0 bridgehead atoms. The zero-order chi connectivity index (χ0) is 13.1. The van der Waals surface area contributed by atoms with Gasteiger partial charge in [-0.15, -0.1) is 0 Å². The van der Waals surface area contributed by atoms with E-state index in [1.54, 1.807) is 19.4 Å². The molecule has 1 atom stereocenters. The smallest absolute Gasteiger partial charge is 0.105 e. The summed E-state index contributed by atoms with van der Waals surface area (Å²) < 4.78 is 5.28. The van der Waals surface area contributed by atoms with Crippen LogP contribution >= 0.6 is 0 Å². The number of aliphatic hydroxyl groups excluding tert-OH is 1. The minimum Gasteiger partial charge on any atom is -0.469 e. The van der Waals surface area contributed by atoms with Crippen LogP contribution in [0.4, 0.5) is 5.69 Å². The third kappa shape index (κ3) is 2.71. The molecule has 2 rings (SSSR count). The summed E-state index contributed by atoms with van der Waals surface area (Å²) in [5.74, 6) is 0.940. The second kappa shape index (κ2) is 5.23. The average molecular weight is 246 g/mol. The predicted octanol–water partition coefficient (Wildman–Crippen LogP) is 2.67. The van der Waals surface area contributed by atoms with Crippen molar-refractivity contribution < 1.29 is 9.52 Å². The normalized spacial score (nSPS) is 12.4. The summed E-state index contributed by atoms with van der Waals surface area (Å²) >= 11 is 0. The van der Waals surface area contributed by atoms with Crippen molar-refractivity contribution >= 4 is 5.69 Å². The van der Waals surface area contributed by atoms with Crippen LogP contribution in [0.15, 0.2) is 35.1 Å². The highest BCUT2D eigenvalue weighted by Gasteiger charge is 2.08. The highest BCUT2D eigenvalue weighted by Crippen LogP contribution is 2.18. The molecule has 0 aliphatic rings. The number of anilines is 1. The molecule has 4 nitrogen and oxygen atoms in total. The number of aromatic nitrogens is 1. The molecular weight excluding hydrogens is 228 g/mol. The van der Waals surface area contributed by atoms with Gasteiger partial charge in [0.25, 0.3) is 0 Å². The molecule has 0 aromatic carbocycles. The van der Waals surface area contributed by atoms with Gasteiger partial charge in [0.1, 0.15) is 5.76 Å². The molecule has 96 valence electrons. The number of rotatable bonds is 4. The first kappa shape index (κ1) is 12.6. The van der Waals surface area contributed by atoms with Crippen LogP contribution in [-0.4, -0.2) is 17.1 Å². The Morgan fingerprint density at radius 3 is 2.67 bits per heavy atom. The van der Waals surface area contributed by atoms with Crippen molar-refractivity contribution in [1.29, 1.82) is 0 Å². The lowest BCUT2D eigenvalue weighted by Crippen LogP contribution is -2.16. The maximum Gasteiger partial charge on any atom is 0.105 e. The van der Waals surface area contributed by atoms with Gasteiger partial charge >= 0.3 is 0 Å². The van der Waals surface area contributed by atoms with E-state index in [1.165, 1.54) is 0 Å². The Balaban J connectivity index is 2.09.